The number of rotatable bonds is 6. The van der Waals surface area contributed by atoms with Crippen molar-refractivity contribution in [1.82, 2.24) is 4.90 Å². The number of hydrogen-bond donors (Lipinski definition) is 3. The molecule has 7 aliphatic rings. The lowest BCUT2D eigenvalue weighted by molar-refractivity contribution is -0.289. The minimum Gasteiger partial charge on any atom is -0.392 e. The van der Waals surface area contributed by atoms with E-state index >= 15 is 0 Å². The summed E-state index contributed by atoms with van der Waals surface area (Å²) in [7, 11) is 6.74. The number of methoxy groups -OCH3 is 4. The third kappa shape index (κ3) is 2.37. The molecule has 192 valence electrons. The number of ether oxygens (including phenoxy) is 4. The monoisotopic (exact) mass is 480 g/mol. The molecule has 1 saturated heterocycles. The summed E-state index contributed by atoms with van der Waals surface area (Å²) in [4.78, 5) is 7.02. The normalized spacial score (nSPS) is 59.4. The van der Waals surface area contributed by atoms with E-state index in [0.717, 1.165) is 6.54 Å². The summed E-state index contributed by atoms with van der Waals surface area (Å²) in [6.07, 6.45) is 1.22. The van der Waals surface area contributed by atoms with Crippen LogP contribution in [-0.4, -0.2) is 116 Å². The highest BCUT2D eigenvalue weighted by molar-refractivity contribution is 5.68. The number of aliphatic imine (C=N–C) groups is 1. The largest absolute Gasteiger partial charge is 0.392 e. The van der Waals surface area contributed by atoms with Gasteiger partial charge in [-0.25, -0.2) is 0 Å². The van der Waals surface area contributed by atoms with E-state index in [1.54, 1.807) is 34.7 Å². The van der Waals surface area contributed by atoms with Crippen LogP contribution >= 0.6 is 0 Å². The van der Waals surface area contributed by atoms with E-state index in [4.69, 9.17) is 18.9 Å². The maximum absolute atomic E-state index is 12.7. The number of aliphatic hydroxyl groups excluding tert-OH is 1. The molecule has 9 heteroatoms. The molecule has 3 N–H and O–H groups in total. The van der Waals surface area contributed by atoms with Crippen molar-refractivity contribution in [2.24, 2.45) is 39.5 Å². The molecule has 0 radical (unpaired) electrons. The Bertz CT molecular complexity index is 874. The van der Waals surface area contributed by atoms with Crippen molar-refractivity contribution >= 4 is 6.21 Å². The van der Waals surface area contributed by atoms with Crippen LogP contribution in [0, 0.1) is 34.5 Å². The zero-order valence-electron chi connectivity index (χ0n) is 20.9. The fraction of sp³-hybridized carbons (Fsp3) is 0.960. The SMILES string of the molecule is CCN1C[C@@]2(COC)[C@H](O)C[C@H](OC)[C@]34C1[C@H]([C@H](OC)[C@@H]23)[C@@]1(O)C[C@H](OC)[C@@]2(O)C[C@@H]4[C@@H]1C=N2. The van der Waals surface area contributed by atoms with Gasteiger partial charge >= 0.3 is 0 Å². The van der Waals surface area contributed by atoms with Gasteiger partial charge in [-0.05, 0) is 12.5 Å². The first-order chi connectivity index (χ1) is 16.2. The summed E-state index contributed by atoms with van der Waals surface area (Å²) in [6, 6.07) is -0.00696. The van der Waals surface area contributed by atoms with Crippen LogP contribution in [0.1, 0.15) is 26.2 Å². The molecule has 1 unspecified atom stereocenters. The van der Waals surface area contributed by atoms with Gasteiger partial charge in [0, 0.05) is 95.1 Å². The zero-order valence-corrected chi connectivity index (χ0v) is 20.9. The van der Waals surface area contributed by atoms with E-state index in [1.165, 1.54) is 0 Å². The van der Waals surface area contributed by atoms with Gasteiger partial charge in [0.2, 0.25) is 0 Å². The molecule has 0 aromatic heterocycles. The predicted octanol–water partition coefficient (Wildman–Crippen LogP) is -0.0908. The topological polar surface area (TPSA) is 113 Å². The molecule has 9 nitrogen and oxygen atoms in total. The molecule has 5 fully saturated rings. The van der Waals surface area contributed by atoms with E-state index < -0.39 is 34.4 Å². The van der Waals surface area contributed by atoms with Crippen molar-refractivity contribution in [2.75, 3.05) is 48.1 Å². The van der Waals surface area contributed by atoms with Crippen LogP contribution in [0.15, 0.2) is 4.99 Å². The maximum Gasteiger partial charge on any atom is 0.182 e. The van der Waals surface area contributed by atoms with Crippen LogP contribution in [0.4, 0.5) is 0 Å². The second kappa shape index (κ2) is 7.44. The van der Waals surface area contributed by atoms with Gasteiger partial charge in [-0.2, -0.15) is 0 Å². The lowest BCUT2D eigenvalue weighted by Gasteiger charge is -2.70. The van der Waals surface area contributed by atoms with Gasteiger partial charge < -0.3 is 34.3 Å². The standard InChI is InChI=1S/C25H40N2O7/c1-6-27-11-22(12-31-2)15(28)7-16(32-3)25-13-8-24(30)17(33-4)9-23(29,14(13)10-26-24)18(21(25)27)19(34-5)20(22)25/h10,13-21,28-30H,6-9,11-12H2,1-5H3/t13-,14+,15-,16+,17+,18+,19+,20+,21?,22-,23-,24+,25+/m1/s1. The van der Waals surface area contributed by atoms with Crippen molar-refractivity contribution in [3.05, 3.63) is 0 Å². The highest BCUT2D eigenvalue weighted by atomic mass is 16.5. The minimum atomic E-state index is -1.40. The molecule has 9 bridgehead atoms. The predicted molar refractivity (Wildman–Crippen MR) is 122 cm³/mol. The molecular formula is C25H40N2O7. The molecule has 34 heavy (non-hydrogen) atoms. The molecule has 1 spiro atoms. The van der Waals surface area contributed by atoms with Crippen LogP contribution in [-0.2, 0) is 18.9 Å². The second-order valence-electron chi connectivity index (χ2n) is 11.8. The van der Waals surface area contributed by atoms with Crippen molar-refractivity contribution in [3.8, 4) is 0 Å². The van der Waals surface area contributed by atoms with Crippen molar-refractivity contribution in [2.45, 2.75) is 68.0 Å². The third-order valence-corrected chi connectivity index (χ3v) is 11.1. The molecular weight excluding hydrogens is 440 g/mol. The molecule has 0 aromatic rings. The average Bonchev–Trinajstić information content (AvgIpc) is 2.90. The summed E-state index contributed by atoms with van der Waals surface area (Å²) >= 11 is 0. The first-order valence-electron chi connectivity index (χ1n) is 12.7. The van der Waals surface area contributed by atoms with Crippen LogP contribution in [0.3, 0.4) is 0 Å². The molecule has 3 heterocycles. The number of fused-ring (bicyclic) bond motifs is 1. The lowest BCUT2D eigenvalue weighted by Crippen LogP contribution is -2.78. The molecule has 0 amide bonds. The van der Waals surface area contributed by atoms with Crippen LogP contribution < -0.4 is 0 Å². The Hall–Kier alpha value is -0.650. The number of nitrogens with zero attached hydrogens (tertiary/aromatic N) is 2. The summed E-state index contributed by atoms with van der Waals surface area (Å²) in [5.41, 5.74) is -3.56. The van der Waals surface area contributed by atoms with Crippen LogP contribution in [0.2, 0.25) is 0 Å². The van der Waals surface area contributed by atoms with Crippen molar-refractivity contribution in [3.63, 3.8) is 0 Å². The molecule has 4 saturated carbocycles. The fourth-order valence-corrected chi connectivity index (χ4v) is 10.3. The Morgan fingerprint density at radius 1 is 1.06 bits per heavy atom. The quantitative estimate of drug-likeness (QED) is 0.484. The molecule has 7 rings (SSSR count). The maximum atomic E-state index is 12.7. The van der Waals surface area contributed by atoms with Gasteiger partial charge in [-0.1, -0.05) is 6.92 Å². The smallest absolute Gasteiger partial charge is 0.182 e. The van der Waals surface area contributed by atoms with E-state index in [0.29, 0.717) is 32.4 Å². The van der Waals surface area contributed by atoms with Gasteiger partial charge in [0.25, 0.3) is 0 Å². The number of piperidine rings is 1. The summed E-state index contributed by atoms with van der Waals surface area (Å²) in [5, 5.41) is 36.1. The first-order valence-corrected chi connectivity index (χ1v) is 12.7. The fourth-order valence-electron chi connectivity index (χ4n) is 10.3. The molecule has 4 aliphatic carbocycles. The lowest BCUT2D eigenvalue weighted by atomic mass is 9.42. The Kier molecular flexibility index (Phi) is 5.20. The molecule has 13 atom stereocenters. The highest BCUT2D eigenvalue weighted by Crippen LogP contribution is 2.77. The molecule has 3 aliphatic heterocycles. The average molecular weight is 481 g/mol. The zero-order chi connectivity index (χ0) is 24.3. The van der Waals surface area contributed by atoms with E-state index in [2.05, 4.69) is 16.8 Å². The van der Waals surface area contributed by atoms with Crippen molar-refractivity contribution < 1.29 is 34.3 Å². The summed E-state index contributed by atoms with van der Waals surface area (Å²) in [5.74, 6) is -0.681. The Labute approximate surface area is 201 Å². The second-order valence-corrected chi connectivity index (χ2v) is 11.8. The number of likely N-dealkylation sites (tertiary alicyclic amines) is 1. The van der Waals surface area contributed by atoms with Gasteiger partial charge in [0.1, 0.15) is 6.10 Å². The van der Waals surface area contributed by atoms with Crippen LogP contribution in [0.5, 0.6) is 0 Å². The number of aliphatic hydroxyl groups is 3. The third-order valence-electron chi connectivity index (χ3n) is 11.1. The minimum absolute atomic E-state index is 0.00696. The van der Waals surface area contributed by atoms with Gasteiger partial charge in [-0.15, -0.1) is 0 Å². The van der Waals surface area contributed by atoms with Gasteiger partial charge in [-0.3, -0.25) is 9.89 Å². The van der Waals surface area contributed by atoms with E-state index in [9.17, 15) is 15.3 Å². The summed E-state index contributed by atoms with van der Waals surface area (Å²) < 4.78 is 24.2. The van der Waals surface area contributed by atoms with Crippen molar-refractivity contribution in [1.29, 1.82) is 0 Å². The van der Waals surface area contributed by atoms with E-state index in [1.807, 2.05) is 0 Å². The van der Waals surface area contributed by atoms with Gasteiger partial charge in [0.15, 0.2) is 5.72 Å². The first kappa shape index (κ1) is 23.7. The van der Waals surface area contributed by atoms with Gasteiger partial charge in [0.05, 0.1) is 30.5 Å². The highest BCUT2D eigenvalue weighted by Gasteiger charge is 2.86. The summed E-state index contributed by atoms with van der Waals surface area (Å²) in [6.45, 7) is 4.01. The Morgan fingerprint density at radius 2 is 1.79 bits per heavy atom. The number of hydrogen-bond acceptors (Lipinski definition) is 9. The Morgan fingerprint density at radius 3 is 2.41 bits per heavy atom. The van der Waals surface area contributed by atoms with Crippen LogP contribution in [0.25, 0.3) is 0 Å². The van der Waals surface area contributed by atoms with E-state index in [-0.39, 0.29) is 41.9 Å². The molecule has 0 aromatic carbocycles. The Balaban J connectivity index is 1.67.